The van der Waals surface area contributed by atoms with E-state index in [0.717, 1.165) is 36.9 Å². The van der Waals surface area contributed by atoms with Crippen LogP contribution in [0.3, 0.4) is 0 Å². The van der Waals surface area contributed by atoms with Gasteiger partial charge in [-0.05, 0) is 49.6 Å². The average molecular weight is 500 g/mol. The highest BCUT2D eigenvalue weighted by atomic mass is 16.6. The van der Waals surface area contributed by atoms with Gasteiger partial charge in [-0.25, -0.2) is 0 Å². The average Bonchev–Trinajstić information content (AvgIpc) is 2.91. The standard InChI is InChI=1S/C30H33N3O4/c1-3-4-5-9-19-29(34)31-22(2)20-28(26-17-10-11-18-27(26)31)32(30(35)23-13-7-6-8-14-23)24-15-12-16-25(21-24)33(36)37/h6-8,10-18,21-22,28H,3-5,9,19-20H2,1-2H3/t22-,28+/m1/s1. The lowest BCUT2D eigenvalue weighted by molar-refractivity contribution is -0.384. The van der Waals surface area contributed by atoms with Gasteiger partial charge in [0.2, 0.25) is 5.91 Å². The molecule has 37 heavy (non-hydrogen) atoms. The number of nitro benzene ring substituents is 1. The number of hydrogen-bond acceptors (Lipinski definition) is 4. The van der Waals surface area contributed by atoms with Crippen LogP contribution in [0.15, 0.2) is 78.9 Å². The summed E-state index contributed by atoms with van der Waals surface area (Å²) in [6.45, 7) is 4.15. The molecular weight excluding hydrogens is 466 g/mol. The van der Waals surface area contributed by atoms with Gasteiger partial charge in [-0.1, -0.05) is 68.7 Å². The Kier molecular flexibility index (Phi) is 8.33. The predicted octanol–water partition coefficient (Wildman–Crippen LogP) is 7.08. The molecule has 0 N–H and O–H groups in total. The zero-order chi connectivity index (χ0) is 26.4. The molecule has 0 radical (unpaired) electrons. The minimum atomic E-state index is -0.453. The quantitative estimate of drug-likeness (QED) is 0.179. The van der Waals surface area contributed by atoms with Gasteiger partial charge >= 0.3 is 0 Å². The number of nitro groups is 1. The molecule has 7 heteroatoms. The van der Waals surface area contributed by atoms with Gasteiger partial charge in [-0.2, -0.15) is 0 Å². The van der Waals surface area contributed by atoms with Crippen LogP contribution >= 0.6 is 0 Å². The molecule has 2 atom stereocenters. The molecule has 0 unspecified atom stereocenters. The van der Waals surface area contributed by atoms with Crippen LogP contribution in [0.25, 0.3) is 0 Å². The van der Waals surface area contributed by atoms with Gasteiger partial charge in [0.05, 0.1) is 16.7 Å². The van der Waals surface area contributed by atoms with E-state index in [9.17, 15) is 19.7 Å². The zero-order valence-electron chi connectivity index (χ0n) is 21.4. The number of carbonyl (C=O) groups excluding carboxylic acids is 2. The molecule has 7 nitrogen and oxygen atoms in total. The fourth-order valence-corrected chi connectivity index (χ4v) is 5.14. The second kappa shape index (κ2) is 11.8. The third-order valence-electron chi connectivity index (χ3n) is 6.94. The van der Waals surface area contributed by atoms with Gasteiger partial charge in [0.1, 0.15) is 0 Å². The summed E-state index contributed by atoms with van der Waals surface area (Å²) < 4.78 is 0. The molecule has 0 aliphatic carbocycles. The van der Waals surface area contributed by atoms with Crippen molar-refractivity contribution in [3.8, 4) is 0 Å². The van der Waals surface area contributed by atoms with E-state index in [0.29, 0.717) is 24.1 Å². The molecule has 1 aliphatic rings. The smallest absolute Gasteiger partial charge is 0.271 e. The van der Waals surface area contributed by atoms with Crippen LogP contribution in [-0.4, -0.2) is 22.8 Å². The van der Waals surface area contributed by atoms with Gasteiger partial charge < -0.3 is 9.80 Å². The van der Waals surface area contributed by atoms with Crippen LogP contribution in [-0.2, 0) is 4.79 Å². The van der Waals surface area contributed by atoms with Crippen molar-refractivity contribution in [1.29, 1.82) is 0 Å². The first-order valence-corrected chi connectivity index (χ1v) is 13.0. The number of nitrogens with zero attached hydrogens (tertiary/aromatic N) is 3. The number of hydrogen-bond donors (Lipinski definition) is 0. The van der Waals surface area contributed by atoms with E-state index >= 15 is 0 Å². The Morgan fingerprint density at radius 2 is 1.70 bits per heavy atom. The van der Waals surface area contributed by atoms with Crippen LogP contribution in [0.4, 0.5) is 17.1 Å². The third-order valence-corrected chi connectivity index (χ3v) is 6.94. The number of rotatable bonds is 9. The molecule has 1 heterocycles. The number of unbranched alkanes of at least 4 members (excludes halogenated alkanes) is 3. The SMILES string of the molecule is CCCCCCC(=O)N1c2ccccc2[C@@H](N(C(=O)c2ccccc2)c2cccc([N+](=O)[O-])c2)C[C@H]1C. The molecule has 3 aromatic carbocycles. The Balaban J connectivity index is 1.76. The summed E-state index contributed by atoms with van der Waals surface area (Å²) in [5.74, 6) is -0.154. The van der Waals surface area contributed by atoms with E-state index in [1.54, 1.807) is 41.3 Å². The predicted molar refractivity (Wildman–Crippen MR) is 146 cm³/mol. The first kappa shape index (κ1) is 26.1. The second-order valence-corrected chi connectivity index (χ2v) is 9.55. The van der Waals surface area contributed by atoms with Crippen molar-refractivity contribution in [2.75, 3.05) is 9.80 Å². The first-order valence-electron chi connectivity index (χ1n) is 13.0. The summed E-state index contributed by atoms with van der Waals surface area (Å²) in [6, 6.07) is 22.3. The molecule has 0 bridgehead atoms. The van der Waals surface area contributed by atoms with Crippen LogP contribution in [0, 0.1) is 10.1 Å². The highest BCUT2D eigenvalue weighted by Gasteiger charge is 2.38. The number of anilines is 2. The van der Waals surface area contributed by atoms with Gasteiger partial charge in [0.15, 0.2) is 0 Å². The van der Waals surface area contributed by atoms with Crippen LogP contribution < -0.4 is 9.80 Å². The lowest BCUT2D eigenvalue weighted by Crippen LogP contribution is -2.47. The monoisotopic (exact) mass is 499 g/mol. The number of amides is 2. The second-order valence-electron chi connectivity index (χ2n) is 9.55. The van der Waals surface area contributed by atoms with Crippen molar-refractivity contribution in [2.24, 2.45) is 0 Å². The maximum atomic E-state index is 13.9. The number of non-ortho nitro benzene ring substituents is 1. The van der Waals surface area contributed by atoms with E-state index < -0.39 is 11.0 Å². The maximum Gasteiger partial charge on any atom is 0.271 e. The fourth-order valence-electron chi connectivity index (χ4n) is 5.14. The van der Waals surface area contributed by atoms with Gasteiger partial charge in [0.25, 0.3) is 11.6 Å². The maximum absolute atomic E-state index is 13.9. The summed E-state index contributed by atoms with van der Waals surface area (Å²) in [5, 5.41) is 11.5. The van der Waals surface area contributed by atoms with E-state index in [4.69, 9.17) is 0 Å². The molecule has 0 aromatic heterocycles. The van der Waals surface area contributed by atoms with Crippen LogP contribution in [0.5, 0.6) is 0 Å². The molecule has 0 spiro atoms. The summed E-state index contributed by atoms with van der Waals surface area (Å²) in [7, 11) is 0. The normalized spacial score (nSPS) is 16.6. The van der Waals surface area contributed by atoms with E-state index in [-0.39, 0.29) is 23.5 Å². The van der Waals surface area contributed by atoms with Gasteiger partial charge in [-0.3, -0.25) is 19.7 Å². The summed E-state index contributed by atoms with van der Waals surface area (Å²) in [5.41, 5.74) is 2.52. The Morgan fingerprint density at radius 3 is 2.43 bits per heavy atom. The molecule has 192 valence electrons. The number of fused-ring (bicyclic) bond motifs is 1. The van der Waals surface area contributed by atoms with Crippen molar-refractivity contribution in [2.45, 2.75) is 64.5 Å². The van der Waals surface area contributed by atoms with Gasteiger partial charge in [-0.15, -0.1) is 0 Å². The topological polar surface area (TPSA) is 83.8 Å². The minimum Gasteiger partial charge on any atom is -0.309 e. The number of benzene rings is 3. The largest absolute Gasteiger partial charge is 0.309 e. The van der Waals surface area contributed by atoms with E-state index in [2.05, 4.69) is 6.92 Å². The highest BCUT2D eigenvalue weighted by Crippen LogP contribution is 2.43. The van der Waals surface area contributed by atoms with Crippen molar-refractivity contribution < 1.29 is 14.5 Å². The minimum absolute atomic E-state index is 0.0793. The zero-order valence-corrected chi connectivity index (χ0v) is 21.4. The molecular formula is C30H33N3O4. The number of para-hydroxylation sites is 1. The molecule has 2 amide bonds. The molecule has 0 saturated heterocycles. The first-order chi connectivity index (χ1) is 17.9. The van der Waals surface area contributed by atoms with Crippen molar-refractivity contribution in [3.05, 3.63) is 100 Å². The van der Waals surface area contributed by atoms with Crippen LogP contribution in [0.1, 0.15) is 74.3 Å². The molecule has 0 saturated carbocycles. The summed E-state index contributed by atoms with van der Waals surface area (Å²) in [6.07, 6.45) is 5.11. The Morgan fingerprint density at radius 1 is 0.973 bits per heavy atom. The van der Waals surface area contributed by atoms with Crippen LogP contribution in [0.2, 0.25) is 0 Å². The van der Waals surface area contributed by atoms with Crippen molar-refractivity contribution in [1.82, 2.24) is 0 Å². The van der Waals surface area contributed by atoms with E-state index in [1.165, 1.54) is 12.1 Å². The molecule has 3 aromatic rings. The van der Waals surface area contributed by atoms with Crippen molar-refractivity contribution in [3.63, 3.8) is 0 Å². The molecule has 0 fully saturated rings. The van der Waals surface area contributed by atoms with E-state index in [1.807, 2.05) is 42.2 Å². The summed E-state index contributed by atoms with van der Waals surface area (Å²) in [4.78, 5) is 41.9. The molecule has 1 aliphatic heterocycles. The Bertz CT molecular complexity index is 1260. The fraction of sp³-hybridized carbons (Fsp3) is 0.333. The lowest BCUT2D eigenvalue weighted by atomic mass is 9.89. The van der Waals surface area contributed by atoms with Gasteiger partial charge in [0, 0.05) is 35.8 Å². The van der Waals surface area contributed by atoms with Crippen molar-refractivity contribution >= 4 is 28.9 Å². The lowest BCUT2D eigenvalue weighted by Gasteiger charge is -2.43. The third kappa shape index (κ3) is 5.71. The molecule has 4 rings (SSSR count). The summed E-state index contributed by atoms with van der Waals surface area (Å²) >= 11 is 0. The number of carbonyl (C=O) groups is 2. The Hall–Kier alpha value is -4.00. The Labute approximate surface area is 217 Å². The highest BCUT2D eigenvalue weighted by molar-refractivity contribution is 6.07.